The van der Waals surface area contributed by atoms with E-state index < -0.39 is 28.6 Å². The number of nitrogens with one attached hydrogen (secondary N) is 2. The van der Waals surface area contributed by atoms with Crippen LogP contribution >= 0.6 is 0 Å². The van der Waals surface area contributed by atoms with Crippen LogP contribution in [0.15, 0.2) is 41.3 Å². The first-order valence-corrected chi connectivity index (χ1v) is 7.78. The molecule has 0 bridgehead atoms. The first kappa shape index (κ1) is 19.6. The molecule has 5 nitrogen and oxygen atoms in total. The molecule has 1 heterocycles. The Labute approximate surface area is 148 Å². The summed E-state index contributed by atoms with van der Waals surface area (Å²) in [4.78, 5) is 26.6. The fourth-order valence-corrected chi connectivity index (χ4v) is 2.45. The van der Waals surface area contributed by atoms with Crippen LogP contribution in [0.3, 0.4) is 0 Å². The Hall–Kier alpha value is -2.77. The van der Waals surface area contributed by atoms with Crippen molar-refractivity contribution < 1.29 is 22.7 Å². The molecule has 1 aromatic heterocycles. The van der Waals surface area contributed by atoms with E-state index in [2.05, 4.69) is 10.3 Å². The van der Waals surface area contributed by atoms with Crippen LogP contribution in [0.5, 0.6) is 5.75 Å². The molecule has 0 aliphatic carbocycles. The number of ether oxygens (including phenoxy) is 1. The van der Waals surface area contributed by atoms with Gasteiger partial charge in [0.05, 0.1) is 12.7 Å². The summed E-state index contributed by atoms with van der Waals surface area (Å²) >= 11 is 0. The van der Waals surface area contributed by atoms with Crippen molar-refractivity contribution in [3.05, 3.63) is 63.6 Å². The van der Waals surface area contributed by atoms with Crippen LogP contribution in [0.2, 0.25) is 0 Å². The third-order valence-corrected chi connectivity index (χ3v) is 4.03. The summed E-state index contributed by atoms with van der Waals surface area (Å²) in [7, 11) is 1.33. The smallest absolute Gasteiger partial charge is 0.416 e. The number of methoxy groups -OCH3 is 1. The number of aromatic nitrogens is 1. The number of rotatable bonds is 5. The van der Waals surface area contributed by atoms with Crippen molar-refractivity contribution in [2.45, 2.75) is 25.4 Å². The van der Waals surface area contributed by atoms with Gasteiger partial charge in [0, 0.05) is 18.2 Å². The summed E-state index contributed by atoms with van der Waals surface area (Å²) in [6.45, 7) is 3.44. The summed E-state index contributed by atoms with van der Waals surface area (Å²) in [6.07, 6.45) is -3.09. The van der Waals surface area contributed by atoms with Crippen LogP contribution in [-0.2, 0) is 11.6 Å². The Kier molecular flexibility index (Phi) is 5.44. The van der Waals surface area contributed by atoms with Crippen molar-refractivity contribution in [3.63, 3.8) is 0 Å². The molecule has 0 radical (unpaired) electrons. The van der Waals surface area contributed by atoms with Gasteiger partial charge in [0.25, 0.3) is 11.5 Å². The van der Waals surface area contributed by atoms with Gasteiger partial charge in [-0.3, -0.25) is 9.59 Å². The molecule has 0 spiro atoms. The van der Waals surface area contributed by atoms with Crippen LogP contribution in [0, 0.1) is 0 Å². The van der Waals surface area contributed by atoms with Crippen LogP contribution in [-0.4, -0.2) is 24.5 Å². The molecule has 0 fully saturated rings. The maximum absolute atomic E-state index is 12.9. The Balaban J connectivity index is 2.21. The van der Waals surface area contributed by atoms with E-state index in [0.717, 1.165) is 12.1 Å². The maximum atomic E-state index is 12.9. The highest BCUT2D eigenvalue weighted by Gasteiger charge is 2.32. The van der Waals surface area contributed by atoms with Gasteiger partial charge in [0.1, 0.15) is 11.3 Å². The highest BCUT2D eigenvalue weighted by molar-refractivity contribution is 5.96. The molecule has 26 heavy (non-hydrogen) atoms. The minimum absolute atomic E-state index is 0.0324. The summed E-state index contributed by atoms with van der Waals surface area (Å²) in [5, 5.41) is 2.59. The standard InChI is InChI=1S/C18H19F3N2O3/c1-17(2,11-5-4-6-12(9-11)18(19,20)21)10-23-16(25)14-13(26-3)7-8-22-15(14)24/h4-9H,10H2,1-3H3,(H,22,24)(H,23,25). The Morgan fingerprint density at radius 1 is 1.19 bits per heavy atom. The van der Waals surface area contributed by atoms with Crippen LogP contribution in [0.4, 0.5) is 13.2 Å². The van der Waals surface area contributed by atoms with Crippen molar-refractivity contribution in [3.8, 4) is 5.75 Å². The number of hydrogen-bond donors (Lipinski definition) is 2. The van der Waals surface area contributed by atoms with E-state index in [1.165, 1.54) is 25.4 Å². The molecule has 8 heteroatoms. The van der Waals surface area contributed by atoms with Crippen LogP contribution in [0.1, 0.15) is 35.3 Å². The summed E-state index contributed by atoms with van der Waals surface area (Å²) in [5.74, 6) is -0.549. The summed E-state index contributed by atoms with van der Waals surface area (Å²) in [6, 6.07) is 6.38. The zero-order chi connectivity index (χ0) is 19.5. The monoisotopic (exact) mass is 368 g/mol. The average Bonchev–Trinajstić information content (AvgIpc) is 2.59. The molecule has 2 aromatic rings. The SMILES string of the molecule is COc1cc[nH]c(=O)c1C(=O)NCC(C)(C)c1cccc(C(F)(F)F)c1. The molecule has 1 amide bonds. The van der Waals surface area contributed by atoms with Crippen molar-refractivity contribution in [2.24, 2.45) is 0 Å². The van der Waals surface area contributed by atoms with Gasteiger partial charge in [-0.2, -0.15) is 13.2 Å². The van der Waals surface area contributed by atoms with E-state index >= 15 is 0 Å². The molecule has 1 aromatic carbocycles. The fourth-order valence-electron chi connectivity index (χ4n) is 2.45. The van der Waals surface area contributed by atoms with E-state index in [4.69, 9.17) is 4.74 Å². The first-order chi connectivity index (χ1) is 12.1. The van der Waals surface area contributed by atoms with Gasteiger partial charge in [-0.15, -0.1) is 0 Å². The number of carbonyl (C=O) groups is 1. The molecule has 0 unspecified atom stereocenters. The summed E-state index contributed by atoms with van der Waals surface area (Å²) in [5.41, 5.74) is -1.92. The van der Waals surface area contributed by atoms with Crippen molar-refractivity contribution in [2.75, 3.05) is 13.7 Å². The Morgan fingerprint density at radius 2 is 1.85 bits per heavy atom. The second kappa shape index (κ2) is 7.23. The van der Waals surface area contributed by atoms with Gasteiger partial charge >= 0.3 is 6.18 Å². The minimum Gasteiger partial charge on any atom is -0.496 e. The van der Waals surface area contributed by atoms with Gasteiger partial charge in [-0.05, 0) is 17.7 Å². The van der Waals surface area contributed by atoms with E-state index in [1.807, 2.05) is 0 Å². The maximum Gasteiger partial charge on any atom is 0.416 e. The van der Waals surface area contributed by atoms with Gasteiger partial charge in [-0.1, -0.05) is 32.0 Å². The third kappa shape index (κ3) is 4.25. The van der Waals surface area contributed by atoms with E-state index in [9.17, 15) is 22.8 Å². The van der Waals surface area contributed by atoms with Gasteiger partial charge in [0.15, 0.2) is 0 Å². The first-order valence-electron chi connectivity index (χ1n) is 7.78. The molecule has 2 N–H and O–H groups in total. The lowest BCUT2D eigenvalue weighted by Crippen LogP contribution is -2.39. The second-order valence-corrected chi connectivity index (χ2v) is 6.40. The average molecular weight is 368 g/mol. The lowest BCUT2D eigenvalue weighted by atomic mass is 9.83. The Bertz CT molecular complexity index is 857. The molecule has 0 atom stereocenters. The number of halogens is 3. The molecular formula is C18H19F3N2O3. The summed E-state index contributed by atoms with van der Waals surface area (Å²) < 4.78 is 43.7. The molecule has 0 saturated carbocycles. The number of pyridine rings is 1. The van der Waals surface area contributed by atoms with E-state index in [0.29, 0.717) is 5.56 Å². The number of amides is 1. The lowest BCUT2D eigenvalue weighted by molar-refractivity contribution is -0.137. The largest absolute Gasteiger partial charge is 0.496 e. The van der Waals surface area contributed by atoms with Crippen LogP contribution in [0.25, 0.3) is 0 Å². The minimum atomic E-state index is -4.44. The second-order valence-electron chi connectivity index (χ2n) is 6.40. The number of aromatic amines is 1. The number of carbonyl (C=O) groups excluding carboxylic acids is 1. The van der Waals surface area contributed by atoms with Crippen molar-refractivity contribution in [1.82, 2.24) is 10.3 Å². The highest BCUT2D eigenvalue weighted by Crippen LogP contribution is 2.32. The van der Waals surface area contributed by atoms with Crippen molar-refractivity contribution >= 4 is 5.91 Å². The van der Waals surface area contributed by atoms with Crippen LogP contribution < -0.4 is 15.6 Å². The highest BCUT2D eigenvalue weighted by atomic mass is 19.4. The number of H-pyrrole nitrogens is 1. The number of alkyl halides is 3. The molecule has 0 aliphatic rings. The topological polar surface area (TPSA) is 71.2 Å². The predicted molar refractivity (Wildman–Crippen MR) is 90.4 cm³/mol. The normalized spacial score (nSPS) is 11.9. The molecule has 140 valence electrons. The Morgan fingerprint density at radius 3 is 2.46 bits per heavy atom. The zero-order valence-electron chi connectivity index (χ0n) is 14.5. The molecule has 2 rings (SSSR count). The predicted octanol–water partition coefficient (Wildman–Crippen LogP) is 3.11. The third-order valence-electron chi connectivity index (χ3n) is 4.03. The number of benzene rings is 1. The van der Waals surface area contributed by atoms with E-state index in [1.54, 1.807) is 19.9 Å². The van der Waals surface area contributed by atoms with Gasteiger partial charge < -0.3 is 15.0 Å². The lowest BCUT2D eigenvalue weighted by Gasteiger charge is -2.26. The van der Waals surface area contributed by atoms with Crippen molar-refractivity contribution in [1.29, 1.82) is 0 Å². The van der Waals surface area contributed by atoms with Gasteiger partial charge in [-0.25, -0.2) is 0 Å². The fraction of sp³-hybridized carbons (Fsp3) is 0.333. The molecule has 0 saturated heterocycles. The zero-order valence-corrected chi connectivity index (χ0v) is 14.5. The van der Waals surface area contributed by atoms with E-state index in [-0.39, 0.29) is 17.9 Å². The molecular weight excluding hydrogens is 349 g/mol. The van der Waals surface area contributed by atoms with Gasteiger partial charge in [0.2, 0.25) is 0 Å². The quantitative estimate of drug-likeness (QED) is 0.852. The number of hydrogen-bond acceptors (Lipinski definition) is 3. The molecule has 0 aliphatic heterocycles.